The largest absolute Gasteiger partial charge is 0.467 e. The fourth-order valence-electron chi connectivity index (χ4n) is 2.57. The molecule has 0 fully saturated rings. The SMILES string of the molecule is COC(=O)[C@@](O)(c1ccccc1)[C@@H](C)c1c(F)cc(F)cc1Br. The third-order valence-electron chi connectivity index (χ3n) is 3.81. The van der Waals surface area contributed by atoms with Crippen molar-refractivity contribution < 1.29 is 23.4 Å². The van der Waals surface area contributed by atoms with Crippen molar-refractivity contribution in [3.8, 4) is 0 Å². The van der Waals surface area contributed by atoms with Gasteiger partial charge in [0.25, 0.3) is 0 Å². The summed E-state index contributed by atoms with van der Waals surface area (Å²) in [7, 11) is 1.14. The van der Waals surface area contributed by atoms with Gasteiger partial charge >= 0.3 is 5.97 Å². The third kappa shape index (κ3) is 3.14. The first-order valence-electron chi connectivity index (χ1n) is 6.83. The lowest BCUT2D eigenvalue weighted by molar-refractivity contribution is -0.166. The van der Waals surface area contributed by atoms with Gasteiger partial charge in [-0.1, -0.05) is 53.2 Å². The molecule has 0 amide bonds. The summed E-state index contributed by atoms with van der Waals surface area (Å²) in [6, 6.07) is 9.89. The number of methoxy groups -OCH3 is 1. The number of esters is 1. The van der Waals surface area contributed by atoms with Crippen molar-refractivity contribution in [2.24, 2.45) is 0 Å². The van der Waals surface area contributed by atoms with E-state index < -0.39 is 29.1 Å². The zero-order valence-corrected chi connectivity index (χ0v) is 14.1. The van der Waals surface area contributed by atoms with Crippen molar-refractivity contribution in [2.75, 3.05) is 7.11 Å². The molecule has 6 heteroatoms. The fourth-order valence-corrected chi connectivity index (χ4v) is 3.32. The summed E-state index contributed by atoms with van der Waals surface area (Å²) in [4.78, 5) is 12.3. The Balaban J connectivity index is 2.64. The summed E-state index contributed by atoms with van der Waals surface area (Å²) in [6.07, 6.45) is 0. The van der Waals surface area contributed by atoms with Gasteiger partial charge in [-0.15, -0.1) is 0 Å². The minimum absolute atomic E-state index is 0.0110. The summed E-state index contributed by atoms with van der Waals surface area (Å²) in [6.45, 7) is 1.48. The highest BCUT2D eigenvalue weighted by Crippen LogP contribution is 2.41. The van der Waals surface area contributed by atoms with Gasteiger partial charge in [0.05, 0.1) is 7.11 Å². The number of hydrogen-bond acceptors (Lipinski definition) is 3. The van der Waals surface area contributed by atoms with Crippen molar-refractivity contribution in [2.45, 2.75) is 18.4 Å². The molecular formula is C17H15BrF2O3. The third-order valence-corrected chi connectivity index (χ3v) is 4.47. The molecule has 3 nitrogen and oxygen atoms in total. The quantitative estimate of drug-likeness (QED) is 0.813. The molecule has 0 aliphatic carbocycles. The second-order valence-electron chi connectivity index (χ2n) is 5.13. The van der Waals surface area contributed by atoms with E-state index in [1.165, 1.54) is 6.92 Å². The Morgan fingerprint density at radius 2 is 1.87 bits per heavy atom. The van der Waals surface area contributed by atoms with Gasteiger partial charge in [0.15, 0.2) is 5.60 Å². The molecule has 0 radical (unpaired) electrons. The number of ether oxygens (including phenoxy) is 1. The van der Waals surface area contributed by atoms with Crippen LogP contribution in [-0.4, -0.2) is 18.2 Å². The van der Waals surface area contributed by atoms with Gasteiger partial charge in [-0.3, -0.25) is 0 Å². The Labute approximate surface area is 141 Å². The molecule has 0 saturated heterocycles. The van der Waals surface area contributed by atoms with Crippen LogP contribution >= 0.6 is 15.9 Å². The molecule has 2 aromatic carbocycles. The molecule has 2 aromatic rings. The standard InChI is InChI=1S/C17H15BrF2O3/c1-10(15-13(18)8-12(19)9-14(15)20)17(22,16(21)23-2)11-6-4-3-5-7-11/h3-10,22H,1-2H3/t10-,17-/m0/s1. The highest BCUT2D eigenvalue weighted by atomic mass is 79.9. The zero-order chi connectivity index (χ0) is 17.2. The van der Waals surface area contributed by atoms with Crippen molar-refractivity contribution in [1.82, 2.24) is 0 Å². The molecule has 0 aliphatic heterocycles. The van der Waals surface area contributed by atoms with Crippen molar-refractivity contribution in [3.63, 3.8) is 0 Å². The van der Waals surface area contributed by atoms with Crippen LogP contribution in [0.2, 0.25) is 0 Å². The van der Waals surface area contributed by atoms with Gasteiger partial charge in [-0.05, 0) is 11.6 Å². The minimum Gasteiger partial charge on any atom is -0.467 e. The number of halogens is 3. The van der Waals surface area contributed by atoms with E-state index in [0.717, 1.165) is 13.2 Å². The molecule has 1 N–H and O–H groups in total. The lowest BCUT2D eigenvalue weighted by Gasteiger charge is -2.32. The fraction of sp³-hybridized carbons (Fsp3) is 0.235. The predicted octanol–water partition coefficient (Wildman–Crippen LogP) is 3.89. The van der Waals surface area contributed by atoms with E-state index in [4.69, 9.17) is 4.74 Å². The van der Waals surface area contributed by atoms with E-state index in [1.807, 2.05) is 0 Å². The summed E-state index contributed by atoms with van der Waals surface area (Å²) < 4.78 is 32.4. The average Bonchev–Trinajstić information content (AvgIpc) is 2.53. The van der Waals surface area contributed by atoms with Gasteiger partial charge in [-0.2, -0.15) is 0 Å². The van der Waals surface area contributed by atoms with E-state index in [0.29, 0.717) is 6.07 Å². The first-order valence-corrected chi connectivity index (χ1v) is 7.62. The average molecular weight is 385 g/mol. The summed E-state index contributed by atoms with van der Waals surface area (Å²) in [5, 5.41) is 11.0. The zero-order valence-electron chi connectivity index (χ0n) is 12.5. The van der Waals surface area contributed by atoms with Gasteiger partial charge < -0.3 is 9.84 Å². The smallest absolute Gasteiger partial charge is 0.343 e. The van der Waals surface area contributed by atoms with Crippen LogP contribution in [0.25, 0.3) is 0 Å². The number of hydrogen-bond donors (Lipinski definition) is 1. The molecule has 0 aliphatic rings. The Kier molecular flexibility index (Phi) is 5.16. The van der Waals surface area contributed by atoms with Gasteiger partial charge in [-0.25, -0.2) is 13.6 Å². The lowest BCUT2D eigenvalue weighted by atomic mass is 9.78. The van der Waals surface area contributed by atoms with Gasteiger partial charge in [0.2, 0.25) is 0 Å². The molecule has 0 spiro atoms. The molecule has 0 saturated carbocycles. The number of benzene rings is 2. The van der Waals surface area contributed by atoms with E-state index in [-0.39, 0.29) is 15.6 Å². The number of carbonyl (C=O) groups excluding carboxylic acids is 1. The van der Waals surface area contributed by atoms with E-state index in [1.54, 1.807) is 30.3 Å². The van der Waals surface area contributed by atoms with Crippen LogP contribution < -0.4 is 0 Å². The van der Waals surface area contributed by atoms with Crippen LogP contribution in [0.4, 0.5) is 8.78 Å². The second kappa shape index (κ2) is 6.76. The Morgan fingerprint density at radius 1 is 1.26 bits per heavy atom. The maximum Gasteiger partial charge on any atom is 0.343 e. The predicted molar refractivity (Wildman–Crippen MR) is 84.8 cm³/mol. The van der Waals surface area contributed by atoms with Crippen LogP contribution in [0.1, 0.15) is 24.0 Å². The monoisotopic (exact) mass is 384 g/mol. The van der Waals surface area contributed by atoms with E-state index in [2.05, 4.69) is 15.9 Å². The van der Waals surface area contributed by atoms with Crippen molar-refractivity contribution in [3.05, 3.63) is 69.7 Å². The first-order chi connectivity index (χ1) is 10.8. The van der Waals surface area contributed by atoms with Crippen LogP contribution in [0.5, 0.6) is 0 Å². The molecule has 0 aromatic heterocycles. The van der Waals surface area contributed by atoms with E-state index >= 15 is 0 Å². The van der Waals surface area contributed by atoms with Crippen LogP contribution in [-0.2, 0) is 15.1 Å². The summed E-state index contributed by atoms with van der Waals surface area (Å²) in [5.41, 5.74) is -1.87. The Hall–Kier alpha value is -1.79. The van der Waals surface area contributed by atoms with Gasteiger partial charge in [0, 0.05) is 22.0 Å². The number of aliphatic hydroxyl groups is 1. The Morgan fingerprint density at radius 3 is 2.39 bits per heavy atom. The van der Waals surface area contributed by atoms with Crippen molar-refractivity contribution >= 4 is 21.9 Å². The molecule has 2 atom stereocenters. The highest BCUT2D eigenvalue weighted by Gasteiger charge is 2.46. The molecule has 0 heterocycles. The first kappa shape index (κ1) is 17.6. The van der Waals surface area contributed by atoms with Crippen LogP contribution in [0.3, 0.4) is 0 Å². The minimum atomic E-state index is -2.11. The Bertz CT molecular complexity index is 698. The molecule has 0 bridgehead atoms. The molecule has 23 heavy (non-hydrogen) atoms. The maximum absolute atomic E-state index is 14.2. The van der Waals surface area contributed by atoms with Crippen molar-refractivity contribution in [1.29, 1.82) is 0 Å². The summed E-state index contributed by atoms with van der Waals surface area (Å²) >= 11 is 3.09. The molecule has 122 valence electrons. The maximum atomic E-state index is 14.2. The normalized spacial score (nSPS) is 14.9. The molecule has 0 unspecified atom stereocenters. The van der Waals surface area contributed by atoms with Crippen LogP contribution in [0.15, 0.2) is 46.9 Å². The lowest BCUT2D eigenvalue weighted by Crippen LogP contribution is -2.42. The number of carbonyl (C=O) groups is 1. The van der Waals surface area contributed by atoms with E-state index in [9.17, 15) is 18.7 Å². The topological polar surface area (TPSA) is 46.5 Å². The highest BCUT2D eigenvalue weighted by molar-refractivity contribution is 9.10. The second-order valence-corrected chi connectivity index (χ2v) is 5.98. The molecule has 2 rings (SSSR count). The van der Waals surface area contributed by atoms with Crippen LogP contribution in [0, 0.1) is 11.6 Å². The van der Waals surface area contributed by atoms with Gasteiger partial charge in [0.1, 0.15) is 11.6 Å². The number of rotatable bonds is 4. The summed E-state index contributed by atoms with van der Waals surface area (Å²) in [5.74, 6) is -3.56. The molecular weight excluding hydrogens is 370 g/mol.